The summed E-state index contributed by atoms with van der Waals surface area (Å²) in [5.74, 6) is 0.738. The highest BCUT2D eigenvalue weighted by Crippen LogP contribution is 2.11. The van der Waals surface area contributed by atoms with Crippen molar-refractivity contribution in [3.8, 4) is 5.75 Å². The number of ether oxygens (including phenoxy) is 1. The van der Waals surface area contributed by atoms with Crippen molar-refractivity contribution in [2.75, 3.05) is 20.2 Å². The summed E-state index contributed by atoms with van der Waals surface area (Å²) >= 11 is 0. The molecule has 0 aliphatic heterocycles. The minimum Gasteiger partial charge on any atom is -0.492 e. The van der Waals surface area contributed by atoms with Crippen LogP contribution in [-0.2, 0) is 11.3 Å². The van der Waals surface area contributed by atoms with Crippen LogP contribution in [0.15, 0.2) is 30.6 Å². The number of amides is 1. The lowest BCUT2D eigenvalue weighted by Gasteiger charge is -2.17. The van der Waals surface area contributed by atoms with Crippen LogP contribution in [0.3, 0.4) is 0 Å². The smallest absolute Gasteiger partial charge is 0.244 e. The number of likely N-dealkylation sites (N-methyl/N-ethyl adjacent to an activating group) is 1. The third-order valence-corrected chi connectivity index (χ3v) is 2.83. The van der Waals surface area contributed by atoms with Gasteiger partial charge in [0, 0.05) is 7.05 Å². The molecule has 7 nitrogen and oxygen atoms in total. The maximum absolute atomic E-state index is 11.9. The van der Waals surface area contributed by atoms with Crippen LogP contribution in [0.25, 0.3) is 0 Å². The lowest BCUT2D eigenvalue weighted by Crippen LogP contribution is -2.33. The van der Waals surface area contributed by atoms with Gasteiger partial charge in [-0.1, -0.05) is 17.7 Å². The van der Waals surface area contributed by atoms with Crippen molar-refractivity contribution in [2.45, 2.75) is 13.5 Å². The molecule has 106 valence electrons. The molecule has 0 fully saturated rings. The van der Waals surface area contributed by atoms with Gasteiger partial charge in [-0.15, -0.1) is 5.10 Å². The molecule has 1 heterocycles. The van der Waals surface area contributed by atoms with E-state index in [2.05, 4.69) is 15.5 Å². The van der Waals surface area contributed by atoms with Crippen LogP contribution in [0.4, 0.5) is 0 Å². The van der Waals surface area contributed by atoms with Crippen LogP contribution in [-0.4, -0.2) is 51.2 Å². The number of aryl methyl sites for hydroxylation is 1. The molecule has 0 atom stereocenters. The number of rotatable bonds is 6. The maximum atomic E-state index is 11.9. The second-order valence-electron chi connectivity index (χ2n) is 4.48. The first-order valence-electron chi connectivity index (χ1n) is 6.29. The number of nitrogens with zero attached hydrogens (tertiary/aromatic N) is 5. The van der Waals surface area contributed by atoms with Crippen LogP contribution in [0.1, 0.15) is 5.56 Å². The molecule has 0 saturated carbocycles. The molecule has 1 aromatic heterocycles. The predicted octanol–water partition coefficient (Wildman–Crippen LogP) is 0.519. The number of carbonyl (C=O) groups excluding carboxylic acids is 1. The molecule has 0 aliphatic carbocycles. The summed E-state index contributed by atoms with van der Waals surface area (Å²) in [5.41, 5.74) is 1.19. The van der Waals surface area contributed by atoms with E-state index in [1.54, 1.807) is 11.9 Å². The Labute approximate surface area is 117 Å². The minimum atomic E-state index is -0.0650. The molecular weight excluding hydrogens is 258 g/mol. The number of hydrogen-bond acceptors (Lipinski definition) is 5. The van der Waals surface area contributed by atoms with E-state index < -0.39 is 0 Å². The van der Waals surface area contributed by atoms with E-state index in [4.69, 9.17) is 4.74 Å². The third kappa shape index (κ3) is 4.04. The Morgan fingerprint density at radius 2 is 2.10 bits per heavy atom. The van der Waals surface area contributed by atoms with E-state index in [1.165, 1.54) is 16.6 Å². The van der Waals surface area contributed by atoms with E-state index in [1.807, 2.05) is 31.2 Å². The predicted molar refractivity (Wildman–Crippen MR) is 72.1 cm³/mol. The average Bonchev–Trinajstić information content (AvgIpc) is 2.93. The summed E-state index contributed by atoms with van der Waals surface area (Å²) in [6.45, 7) is 3.11. The van der Waals surface area contributed by atoms with Crippen molar-refractivity contribution in [3.05, 3.63) is 36.2 Å². The molecule has 0 N–H and O–H groups in total. The molecule has 0 saturated heterocycles. The van der Waals surface area contributed by atoms with E-state index in [0.29, 0.717) is 13.2 Å². The molecule has 1 aromatic carbocycles. The lowest BCUT2D eigenvalue weighted by molar-refractivity contribution is -0.131. The quantitative estimate of drug-likeness (QED) is 0.768. The summed E-state index contributed by atoms with van der Waals surface area (Å²) in [5, 5.41) is 10.6. The monoisotopic (exact) mass is 275 g/mol. The molecule has 20 heavy (non-hydrogen) atoms. The Morgan fingerprint density at radius 3 is 2.75 bits per heavy atom. The van der Waals surface area contributed by atoms with Crippen LogP contribution < -0.4 is 4.74 Å². The van der Waals surface area contributed by atoms with Crippen LogP contribution in [0, 0.1) is 6.92 Å². The maximum Gasteiger partial charge on any atom is 0.244 e. The molecule has 1 amide bonds. The highest BCUT2D eigenvalue weighted by Gasteiger charge is 2.10. The van der Waals surface area contributed by atoms with Crippen molar-refractivity contribution in [2.24, 2.45) is 0 Å². The Hall–Kier alpha value is -2.44. The van der Waals surface area contributed by atoms with Gasteiger partial charge < -0.3 is 9.64 Å². The standard InChI is InChI=1S/C13H17N5O2/c1-11-3-5-12(6-4-11)20-8-7-17(2)13(19)9-18-10-14-15-16-18/h3-6,10H,7-9H2,1-2H3. The van der Waals surface area contributed by atoms with Crippen LogP contribution in [0.2, 0.25) is 0 Å². The summed E-state index contributed by atoms with van der Waals surface area (Å²) < 4.78 is 6.96. The fourth-order valence-electron chi connectivity index (χ4n) is 1.57. The fraction of sp³-hybridized carbons (Fsp3) is 0.385. The molecular formula is C13H17N5O2. The number of hydrogen-bond donors (Lipinski definition) is 0. The normalized spacial score (nSPS) is 10.3. The number of benzene rings is 1. The molecule has 7 heteroatoms. The van der Waals surface area contributed by atoms with E-state index >= 15 is 0 Å². The zero-order valence-corrected chi connectivity index (χ0v) is 11.6. The average molecular weight is 275 g/mol. The molecule has 2 rings (SSSR count). The van der Waals surface area contributed by atoms with Gasteiger partial charge in [0.1, 0.15) is 25.2 Å². The van der Waals surface area contributed by atoms with Crippen molar-refractivity contribution in [1.29, 1.82) is 0 Å². The topological polar surface area (TPSA) is 73.1 Å². The second-order valence-corrected chi connectivity index (χ2v) is 4.48. The van der Waals surface area contributed by atoms with Crippen LogP contribution in [0.5, 0.6) is 5.75 Å². The van der Waals surface area contributed by atoms with Gasteiger partial charge in [-0.2, -0.15) is 0 Å². The summed E-state index contributed by atoms with van der Waals surface area (Å²) in [6, 6.07) is 7.81. The summed E-state index contributed by atoms with van der Waals surface area (Å²) in [4.78, 5) is 13.4. The first kappa shape index (κ1) is 14.0. The van der Waals surface area contributed by atoms with Crippen molar-refractivity contribution < 1.29 is 9.53 Å². The Morgan fingerprint density at radius 1 is 1.35 bits per heavy atom. The number of carbonyl (C=O) groups is 1. The molecule has 2 aromatic rings. The molecule has 0 unspecified atom stereocenters. The van der Waals surface area contributed by atoms with Gasteiger partial charge in [0.05, 0.1) is 6.54 Å². The van der Waals surface area contributed by atoms with Crippen molar-refractivity contribution in [3.63, 3.8) is 0 Å². The van der Waals surface area contributed by atoms with Crippen LogP contribution >= 0.6 is 0 Å². The Balaban J connectivity index is 1.73. The lowest BCUT2D eigenvalue weighted by atomic mass is 10.2. The van der Waals surface area contributed by atoms with E-state index in [0.717, 1.165) is 5.75 Å². The molecule has 0 aliphatic rings. The zero-order valence-electron chi connectivity index (χ0n) is 11.6. The Kier molecular flexibility index (Phi) is 4.65. The Bertz CT molecular complexity index is 538. The van der Waals surface area contributed by atoms with Gasteiger partial charge in [-0.05, 0) is 29.5 Å². The summed E-state index contributed by atoms with van der Waals surface area (Å²) in [6.07, 6.45) is 1.41. The van der Waals surface area contributed by atoms with E-state index in [9.17, 15) is 4.79 Å². The van der Waals surface area contributed by atoms with Gasteiger partial charge in [-0.25, -0.2) is 4.68 Å². The van der Waals surface area contributed by atoms with Gasteiger partial charge in [0.25, 0.3) is 0 Å². The number of tetrazole rings is 1. The summed E-state index contributed by atoms with van der Waals surface area (Å²) in [7, 11) is 1.73. The van der Waals surface area contributed by atoms with Gasteiger partial charge in [0.2, 0.25) is 5.91 Å². The number of aromatic nitrogens is 4. The first-order chi connectivity index (χ1) is 9.65. The van der Waals surface area contributed by atoms with E-state index in [-0.39, 0.29) is 12.5 Å². The zero-order chi connectivity index (χ0) is 14.4. The largest absolute Gasteiger partial charge is 0.492 e. The molecule has 0 spiro atoms. The molecule has 0 radical (unpaired) electrons. The fourth-order valence-corrected chi connectivity index (χ4v) is 1.57. The third-order valence-electron chi connectivity index (χ3n) is 2.83. The minimum absolute atomic E-state index is 0.0650. The highest BCUT2D eigenvalue weighted by molar-refractivity contribution is 5.75. The highest BCUT2D eigenvalue weighted by atomic mass is 16.5. The van der Waals surface area contributed by atoms with Crippen molar-refractivity contribution in [1.82, 2.24) is 25.1 Å². The van der Waals surface area contributed by atoms with Gasteiger partial charge >= 0.3 is 0 Å². The molecule has 0 bridgehead atoms. The SMILES string of the molecule is Cc1ccc(OCCN(C)C(=O)Cn2cnnn2)cc1. The first-order valence-corrected chi connectivity index (χ1v) is 6.29. The second kappa shape index (κ2) is 6.65. The van der Waals surface area contributed by atoms with Gasteiger partial charge in [0.15, 0.2) is 0 Å². The van der Waals surface area contributed by atoms with Gasteiger partial charge in [-0.3, -0.25) is 4.79 Å². The van der Waals surface area contributed by atoms with Crippen molar-refractivity contribution >= 4 is 5.91 Å².